The number of nitriles is 1. The maximum atomic E-state index is 12.3. The Hall–Kier alpha value is -3.53. The average Bonchev–Trinajstić information content (AvgIpc) is 3.47. The van der Waals surface area contributed by atoms with Crippen molar-refractivity contribution in [3.8, 4) is 28.7 Å². The molecule has 3 N–H and O–H groups in total. The maximum absolute atomic E-state index is 12.3. The van der Waals surface area contributed by atoms with Gasteiger partial charge >= 0.3 is 143 Å². The minimum Gasteiger partial charge on any atom is -0.128 e. The maximum Gasteiger partial charge on any atom is -0.128 e. The Morgan fingerprint density at radius 1 is 1.24 bits per heavy atom. The van der Waals surface area contributed by atoms with Crippen LogP contribution >= 0.6 is 8.17 Å². The van der Waals surface area contributed by atoms with Gasteiger partial charge in [0.25, 0.3) is 0 Å². The number of carbonyl (C=O) groups excluding carboxylic acids is 1. The number of nitrogens with zero attached hydrogens (tertiary/aromatic N) is 7. The fraction of sp³-hybridized carbons (Fsp3) is 0.263. The molecular formula is C19H18N7O6P. The normalized spacial score (nSPS) is 19.7. The van der Waals surface area contributed by atoms with E-state index in [1.165, 1.54) is 9.70 Å². The van der Waals surface area contributed by atoms with Gasteiger partial charge in [-0.1, -0.05) is 0 Å². The van der Waals surface area contributed by atoms with Crippen molar-refractivity contribution in [1.82, 2.24) is 25.2 Å². The van der Waals surface area contributed by atoms with E-state index in [1.807, 2.05) is 30.3 Å². The summed E-state index contributed by atoms with van der Waals surface area (Å²) >= 11 is 0. The van der Waals surface area contributed by atoms with Crippen LogP contribution in [0.5, 0.6) is 0 Å². The predicted octanol–water partition coefficient (Wildman–Crippen LogP) is 0.579. The van der Waals surface area contributed by atoms with Gasteiger partial charge in [0.2, 0.25) is 5.82 Å². The molecule has 1 aromatic carbocycles. The molecule has 4 heterocycles. The first kappa shape index (κ1) is 21.3. The van der Waals surface area contributed by atoms with E-state index in [1.54, 1.807) is 12.3 Å². The van der Waals surface area contributed by atoms with Crippen LogP contribution in [0.1, 0.15) is 5.56 Å². The molecule has 0 bridgehead atoms. The SMILES string of the molecule is N#CCn1nnc(-c2ccc(-c3ccc4c(c3)C[C@H]3[C@H](CO[PH](O)(O)O)OC(=O)N43)cn2)n1. The van der Waals surface area contributed by atoms with Gasteiger partial charge in [0.1, 0.15) is 6.54 Å². The van der Waals surface area contributed by atoms with Gasteiger partial charge in [-0.25, -0.2) is 0 Å². The molecule has 13 nitrogen and oxygen atoms in total. The topological polar surface area (TPSA) is 180 Å². The van der Waals surface area contributed by atoms with Crippen molar-refractivity contribution >= 4 is 20.0 Å². The van der Waals surface area contributed by atoms with E-state index >= 15 is 0 Å². The number of carbonyl (C=O) groups is 1. The summed E-state index contributed by atoms with van der Waals surface area (Å²) in [5.74, 6) is 0.318. The van der Waals surface area contributed by atoms with Crippen LogP contribution in [0.2, 0.25) is 0 Å². The smallest absolute Gasteiger partial charge is 0.128 e. The van der Waals surface area contributed by atoms with E-state index in [2.05, 4.69) is 24.9 Å². The fourth-order valence-electron chi connectivity index (χ4n) is 3.97. The minimum absolute atomic E-state index is 0.00154. The van der Waals surface area contributed by atoms with Crippen molar-refractivity contribution in [2.24, 2.45) is 0 Å². The number of aromatic nitrogens is 5. The van der Waals surface area contributed by atoms with Crippen LogP contribution in [0, 0.1) is 11.3 Å². The number of anilines is 1. The number of hydrogen-bond acceptors (Lipinski definition) is 11. The monoisotopic (exact) mass is 471 g/mol. The first-order valence-electron chi connectivity index (χ1n) is 9.88. The zero-order valence-electron chi connectivity index (χ0n) is 16.9. The molecule has 2 aromatic heterocycles. The minimum atomic E-state index is -4.70. The largest absolute Gasteiger partial charge is 0.128 e. The molecular weight excluding hydrogens is 453 g/mol. The summed E-state index contributed by atoms with van der Waals surface area (Å²) in [5, 5.41) is 20.5. The number of hydrogen-bond donors (Lipinski definition) is 3. The van der Waals surface area contributed by atoms with E-state index in [0.29, 0.717) is 23.6 Å². The van der Waals surface area contributed by atoms with Gasteiger partial charge in [-0.05, 0) is 5.21 Å². The Morgan fingerprint density at radius 2 is 2.06 bits per heavy atom. The third kappa shape index (κ3) is 4.13. The zero-order chi connectivity index (χ0) is 23.2. The number of benzene rings is 1. The Kier molecular flexibility index (Phi) is 5.24. The van der Waals surface area contributed by atoms with Gasteiger partial charge in [0.15, 0.2) is 0 Å². The van der Waals surface area contributed by atoms with Crippen molar-refractivity contribution in [3.63, 3.8) is 0 Å². The Balaban J connectivity index is 1.34. The van der Waals surface area contributed by atoms with Crippen LogP contribution in [-0.4, -0.2) is 64.7 Å². The molecule has 0 spiro atoms. The quantitative estimate of drug-likeness (QED) is 0.428. The summed E-state index contributed by atoms with van der Waals surface area (Å²) in [6.07, 6.45) is 0.868. The van der Waals surface area contributed by atoms with E-state index in [4.69, 9.17) is 24.7 Å². The number of fused-ring (bicyclic) bond motifs is 3. The first-order valence-corrected chi connectivity index (χ1v) is 11.6. The van der Waals surface area contributed by atoms with Crippen molar-refractivity contribution in [1.29, 1.82) is 5.26 Å². The summed E-state index contributed by atoms with van der Waals surface area (Å²) in [6.45, 7) is -0.316. The Labute approximate surface area is 187 Å². The molecule has 2 aliphatic rings. The standard InChI is InChI=1S/C19H18N7O6P/c20-5-6-25-23-18(22-24-25)14-3-1-12(9-21-14)11-2-4-15-13(7-11)8-16-17(10-31-33(28,29)30)32-19(27)26(15)16/h1-4,7,9,16-17,28-30,33H,6,8,10H2/t16-,17-/m0/s1. The molecule has 33 heavy (non-hydrogen) atoms. The van der Waals surface area contributed by atoms with Crippen molar-refractivity contribution in [2.75, 3.05) is 11.5 Å². The molecule has 0 unspecified atom stereocenters. The van der Waals surface area contributed by atoms with Crippen molar-refractivity contribution in [2.45, 2.75) is 25.1 Å². The van der Waals surface area contributed by atoms with Crippen molar-refractivity contribution in [3.05, 3.63) is 42.1 Å². The molecule has 14 heteroatoms. The zero-order valence-corrected chi connectivity index (χ0v) is 17.9. The van der Waals surface area contributed by atoms with Crippen LogP contribution in [0.3, 0.4) is 0 Å². The number of tetrazole rings is 1. The number of cyclic esters (lactones) is 1. The van der Waals surface area contributed by atoms with Crippen LogP contribution in [0.25, 0.3) is 22.6 Å². The van der Waals surface area contributed by atoms with Gasteiger partial charge < -0.3 is 0 Å². The second-order valence-corrected chi connectivity index (χ2v) is 8.96. The third-order valence-electron chi connectivity index (χ3n) is 5.41. The van der Waals surface area contributed by atoms with Gasteiger partial charge in [0.05, 0.1) is 6.07 Å². The number of amides is 1. The Morgan fingerprint density at radius 3 is 2.79 bits per heavy atom. The van der Waals surface area contributed by atoms with E-state index in [0.717, 1.165) is 16.7 Å². The van der Waals surface area contributed by atoms with Gasteiger partial charge in [-0.15, -0.1) is 15.0 Å². The first-order chi connectivity index (χ1) is 15.8. The molecule has 0 aliphatic carbocycles. The van der Waals surface area contributed by atoms with Gasteiger partial charge in [-0.3, -0.25) is 0 Å². The molecule has 3 aromatic rings. The number of pyridine rings is 1. The van der Waals surface area contributed by atoms with E-state index < -0.39 is 20.4 Å². The summed E-state index contributed by atoms with van der Waals surface area (Å²) in [7, 11) is -4.70. The average molecular weight is 471 g/mol. The molecule has 1 fully saturated rings. The van der Waals surface area contributed by atoms with Crippen LogP contribution in [0.15, 0.2) is 36.5 Å². The molecule has 1 saturated heterocycles. The van der Waals surface area contributed by atoms with E-state index in [9.17, 15) is 4.79 Å². The summed E-state index contributed by atoms with van der Waals surface area (Å²) in [5.41, 5.74) is 3.89. The van der Waals surface area contributed by atoms with Gasteiger partial charge in [0, 0.05) is 0 Å². The second-order valence-electron chi connectivity index (χ2n) is 7.53. The predicted molar refractivity (Wildman–Crippen MR) is 113 cm³/mol. The summed E-state index contributed by atoms with van der Waals surface area (Å²) in [4.78, 5) is 46.7. The number of ether oxygens (including phenoxy) is 1. The third-order valence-corrected chi connectivity index (χ3v) is 5.96. The molecule has 2 aliphatic heterocycles. The molecule has 1 amide bonds. The Bertz CT molecular complexity index is 1250. The van der Waals surface area contributed by atoms with Crippen LogP contribution in [-0.2, 0) is 22.2 Å². The van der Waals surface area contributed by atoms with Gasteiger partial charge in [-0.2, -0.15) is 5.26 Å². The number of rotatable bonds is 6. The molecule has 0 saturated carbocycles. The second kappa shape index (κ2) is 8.11. The summed E-state index contributed by atoms with van der Waals surface area (Å²) in [6, 6.07) is 10.8. The molecule has 2 atom stereocenters. The van der Waals surface area contributed by atoms with Crippen molar-refractivity contribution < 1.29 is 28.7 Å². The van der Waals surface area contributed by atoms with E-state index in [-0.39, 0.29) is 19.2 Å². The molecule has 170 valence electrons. The molecule has 5 rings (SSSR count). The fourth-order valence-corrected chi connectivity index (χ4v) is 4.35. The van der Waals surface area contributed by atoms with Crippen LogP contribution < -0.4 is 4.90 Å². The summed E-state index contributed by atoms with van der Waals surface area (Å²) < 4.78 is 9.96. The molecule has 0 radical (unpaired) electrons. The van der Waals surface area contributed by atoms with Crippen LogP contribution in [0.4, 0.5) is 10.5 Å².